The quantitative estimate of drug-likeness (QED) is 0.770. The third kappa shape index (κ3) is 4.20. The Labute approximate surface area is 114 Å². The van der Waals surface area contributed by atoms with E-state index in [1.807, 2.05) is 0 Å². The average Bonchev–Trinajstić information content (AvgIpc) is 2.83. The highest BCUT2D eigenvalue weighted by Gasteiger charge is 2.23. The van der Waals surface area contributed by atoms with Crippen molar-refractivity contribution in [1.82, 2.24) is 10.2 Å². The van der Waals surface area contributed by atoms with Crippen LogP contribution in [0.15, 0.2) is 0 Å². The van der Waals surface area contributed by atoms with Crippen LogP contribution in [0, 0.1) is 5.92 Å². The first kappa shape index (κ1) is 14.3. The van der Waals surface area contributed by atoms with Gasteiger partial charge in [0.25, 0.3) is 0 Å². The fraction of sp³-hybridized carbons (Fsp3) is 0.857. The zero-order chi connectivity index (χ0) is 13.7. The van der Waals surface area contributed by atoms with Crippen molar-refractivity contribution in [3.05, 3.63) is 0 Å². The minimum atomic E-state index is 0.0483. The summed E-state index contributed by atoms with van der Waals surface area (Å²) in [6, 6.07) is 0.254. The summed E-state index contributed by atoms with van der Waals surface area (Å²) in [6.07, 6.45) is 5.86. The fourth-order valence-corrected chi connectivity index (χ4v) is 2.97. The maximum absolute atomic E-state index is 11.8. The van der Waals surface area contributed by atoms with Gasteiger partial charge in [-0.15, -0.1) is 0 Å². The van der Waals surface area contributed by atoms with E-state index in [9.17, 15) is 9.59 Å². The van der Waals surface area contributed by atoms with Gasteiger partial charge in [0.15, 0.2) is 0 Å². The first-order valence-electron chi connectivity index (χ1n) is 7.37. The van der Waals surface area contributed by atoms with E-state index in [2.05, 4.69) is 5.32 Å². The van der Waals surface area contributed by atoms with Gasteiger partial charge < -0.3 is 15.3 Å². The Morgan fingerprint density at radius 2 is 2.05 bits per heavy atom. The van der Waals surface area contributed by atoms with Crippen LogP contribution in [0.1, 0.15) is 44.9 Å². The van der Waals surface area contributed by atoms with E-state index in [-0.39, 0.29) is 24.5 Å². The van der Waals surface area contributed by atoms with Crippen molar-refractivity contribution in [1.29, 1.82) is 0 Å². The predicted molar refractivity (Wildman–Crippen MR) is 71.4 cm³/mol. The first-order chi connectivity index (χ1) is 9.19. The Kier molecular flexibility index (Phi) is 5.19. The van der Waals surface area contributed by atoms with Gasteiger partial charge in [-0.05, 0) is 38.0 Å². The van der Waals surface area contributed by atoms with E-state index in [1.54, 1.807) is 4.90 Å². The molecule has 1 saturated heterocycles. The molecule has 108 valence electrons. The van der Waals surface area contributed by atoms with Crippen molar-refractivity contribution in [2.75, 3.05) is 19.7 Å². The molecular weight excluding hydrogens is 244 g/mol. The van der Waals surface area contributed by atoms with Gasteiger partial charge in [0.2, 0.25) is 11.8 Å². The molecule has 1 heterocycles. The predicted octanol–water partition coefficient (Wildman–Crippen LogP) is 0.666. The molecule has 2 rings (SSSR count). The number of nitrogens with one attached hydrogen (secondary N) is 1. The molecule has 0 spiro atoms. The first-order valence-corrected chi connectivity index (χ1v) is 7.37. The monoisotopic (exact) mass is 268 g/mol. The normalized spacial score (nSPS) is 27.6. The summed E-state index contributed by atoms with van der Waals surface area (Å²) in [4.78, 5) is 25.0. The molecule has 1 aliphatic carbocycles. The van der Waals surface area contributed by atoms with Crippen molar-refractivity contribution in [3.63, 3.8) is 0 Å². The van der Waals surface area contributed by atoms with Crippen molar-refractivity contribution in [3.8, 4) is 0 Å². The molecule has 0 unspecified atom stereocenters. The molecule has 1 saturated carbocycles. The molecule has 5 heteroatoms. The van der Waals surface area contributed by atoms with E-state index < -0.39 is 0 Å². The zero-order valence-corrected chi connectivity index (χ0v) is 11.4. The van der Waals surface area contributed by atoms with E-state index in [4.69, 9.17) is 5.11 Å². The molecule has 0 aromatic rings. The number of aliphatic hydroxyl groups is 1. The summed E-state index contributed by atoms with van der Waals surface area (Å²) in [5.41, 5.74) is 0. The van der Waals surface area contributed by atoms with Crippen molar-refractivity contribution >= 4 is 11.8 Å². The smallest absolute Gasteiger partial charge is 0.222 e. The van der Waals surface area contributed by atoms with Gasteiger partial charge in [0, 0.05) is 38.6 Å². The number of carbonyl (C=O) groups excluding carboxylic acids is 2. The van der Waals surface area contributed by atoms with Crippen LogP contribution in [0.3, 0.4) is 0 Å². The van der Waals surface area contributed by atoms with E-state index in [0.717, 1.165) is 38.6 Å². The van der Waals surface area contributed by atoms with Gasteiger partial charge in [0.05, 0.1) is 0 Å². The van der Waals surface area contributed by atoms with Crippen LogP contribution < -0.4 is 5.32 Å². The lowest BCUT2D eigenvalue weighted by Crippen LogP contribution is -2.39. The second kappa shape index (κ2) is 6.89. The highest BCUT2D eigenvalue weighted by Crippen LogP contribution is 2.23. The Morgan fingerprint density at radius 1 is 1.32 bits per heavy atom. The number of aliphatic hydroxyl groups excluding tert-OH is 1. The minimum Gasteiger partial charge on any atom is -0.396 e. The standard InChI is InChI=1S/C14H24N2O3/c17-10-11-3-5-12(6-4-11)15-13(18)7-9-16-8-1-2-14(16)19/h11-12,17H,1-10H2,(H,15,18). The zero-order valence-electron chi connectivity index (χ0n) is 11.4. The third-order valence-electron chi connectivity index (χ3n) is 4.25. The Bertz CT molecular complexity index is 325. The molecule has 2 amide bonds. The molecule has 2 fully saturated rings. The van der Waals surface area contributed by atoms with Gasteiger partial charge in [-0.25, -0.2) is 0 Å². The highest BCUT2D eigenvalue weighted by atomic mass is 16.3. The molecule has 0 aromatic heterocycles. The van der Waals surface area contributed by atoms with Crippen LogP contribution in [-0.4, -0.2) is 47.6 Å². The van der Waals surface area contributed by atoms with Crippen molar-refractivity contribution in [2.45, 2.75) is 51.0 Å². The SMILES string of the molecule is O=C(CCN1CCCC1=O)NC1CCC(CO)CC1. The summed E-state index contributed by atoms with van der Waals surface area (Å²) in [7, 11) is 0. The molecule has 2 aliphatic rings. The average molecular weight is 268 g/mol. The number of likely N-dealkylation sites (tertiary alicyclic amines) is 1. The fourth-order valence-electron chi connectivity index (χ4n) is 2.97. The van der Waals surface area contributed by atoms with Crippen LogP contribution >= 0.6 is 0 Å². The van der Waals surface area contributed by atoms with E-state index >= 15 is 0 Å². The lowest BCUT2D eigenvalue weighted by Gasteiger charge is -2.28. The minimum absolute atomic E-state index is 0.0483. The number of hydrogen-bond donors (Lipinski definition) is 2. The molecule has 0 bridgehead atoms. The van der Waals surface area contributed by atoms with E-state index in [0.29, 0.717) is 25.3 Å². The van der Waals surface area contributed by atoms with Crippen LogP contribution in [0.5, 0.6) is 0 Å². The van der Waals surface area contributed by atoms with Gasteiger partial charge in [-0.3, -0.25) is 9.59 Å². The number of rotatable bonds is 5. The molecule has 5 nitrogen and oxygen atoms in total. The topological polar surface area (TPSA) is 69.6 Å². The lowest BCUT2D eigenvalue weighted by molar-refractivity contribution is -0.128. The number of hydrogen-bond acceptors (Lipinski definition) is 3. The number of nitrogens with zero attached hydrogens (tertiary/aromatic N) is 1. The Balaban J connectivity index is 1.63. The second-order valence-electron chi connectivity index (χ2n) is 5.70. The number of carbonyl (C=O) groups is 2. The number of amides is 2. The molecule has 0 atom stereocenters. The molecular formula is C14H24N2O3. The maximum atomic E-state index is 11.8. The van der Waals surface area contributed by atoms with Gasteiger partial charge in [-0.2, -0.15) is 0 Å². The van der Waals surface area contributed by atoms with Crippen LogP contribution in [0.4, 0.5) is 0 Å². The Hall–Kier alpha value is -1.10. The van der Waals surface area contributed by atoms with Crippen LogP contribution in [-0.2, 0) is 9.59 Å². The van der Waals surface area contributed by atoms with E-state index in [1.165, 1.54) is 0 Å². The third-order valence-corrected chi connectivity index (χ3v) is 4.25. The molecule has 19 heavy (non-hydrogen) atoms. The van der Waals surface area contributed by atoms with Gasteiger partial charge in [0.1, 0.15) is 0 Å². The lowest BCUT2D eigenvalue weighted by atomic mass is 9.86. The highest BCUT2D eigenvalue weighted by molar-refractivity contribution is 5.80. The van der Waals surface area contributed by atoms with Gasteiger partial charge in [-0.1, -0.05) is 0 Å². The largest absolute Gasteiger partial charge is 0.396 e. The summed E-state index contributed by atoms with van der Waals surface area (Å²) in [5.74, 6) is 0.638. The summed E-state index contributed by atoms with van der Waals surface area (Å²) < 4.78 is 0. The molecule has 2 N–H and O–H groups in total. The molecule has 0 aromatic carbocycles. The summed E-state index contributed by atoms with van der Waals surface area (Å²) in [6.45, 7) is 1.61. The summed E-state index contributed by atoms with van der Waals surface area (Å²) in [5, 5.41) is 12.1. The van der Waals surface area contributed by atoms with Crippen molar-refractivity contribution < 1.29 is 14.7 Å². The Morgan fingerprint density at radius 3 is 2.63 bits per heavy atom. The second-order valence-corrected chi connectivity index (χ2v) is 5.70. The van der Waals surface area contributed by atoms with Gasteiger partial charge >= 0.3 is 0 Å². The van der Waals surface area contributed by atoms with Crippen molar-refractivity contribution in [2.24, 2.45) is 5.92 Å². The molecule has 1 aliphatic heterocycles. The molecule has 0 radical (unpaired) electrons. The summed E-state index contributed by atoms with van der Waals surface area (Å²) >= 11 is 0. The van der Waals surface area contributed by atoms with Crippen LogP contribution in [0.2, 0.25) is 0 Å². The maximum Gasteiger partial charge on any atom is 0.222 e. The van der Waals surface area contributed by atoms with Crippen LogP contribution in [0.25, 0.3) is 0 Å².